The lowest BCUT2D eigenvalue weighted by molar-refractivity contribution is -0.134. The van der Waals surface area contributed by atoms with E-state index in [0.29, 0.717) is 27.8 Å². The maximum atomic E-state index is 7.31. The Bertz CT molecular complexity index is 794. The Labute approximate surface area is 192 Å². The van der Waals surface area contributed by atoms with Crippen LogP contribution in [0.2, 0.25) is 0 Å². The molecular weight excluding hydrogens is 376 g/mol. The van der Waals surface area contributed by atoms with Crippen molar-refractivity contribution in [2.24, 2.45) is 45.3 Å². The van der Waals surface area contributed by atoms with E-state index in [2.05, 4.69) is 47.6 Å². The van der Waals surface area contributed by atoms with Gasteiger partial charge in [0.05, 0.1) is 11.7 Å². The molecule has 1 heterocycles. The van der Waals surface area contributed by atoms with E-state index in [0.717, 1.165) is 23.7 Å². The predicted octanol–water partition coefficient (Wildman–Crippen LogP) is 8.33. The average Bonchev–Trinajstić information content (AvgIpc) is 3.08. The van der Waals surface area contributed by atoms with Gasteiger partial charge in [0.15, 0.2) is 0 Å². The van der Waals surface area contributed by atoms with Crippen molar-refractivity contribution < 1.29 is 4.74 Å². The molecule has 9 atom stereocenters. The lowest BCUT2D eigenvalue weighted by Crippen LogP contribution is -2.47. The van der Waals surface area contributed by atoms with Crippen LogP contribution in [0.1, 0.15) is 119 Å². The van der Waals surface area contributed by atoms with E-state index >= 15 is 0 Å². The van der Waals surface area contributed by atoms with Crippen LogP contribution in [0, 0.1) is 45.3 Å². The Morgan fingerprint density at radius 1 is 1.06 bits per heavy atom. The summed E-state index contributed by atoms with van der Waals surface area (Å²) in [6.07, 6.45) is 20.0. The van der Waals surface area contributed by atoms with Crippen molar-refractivity contribution in [3.63, 3.8) is 0 Å². The second kappa shape index (κ2) is 6.43. The van der Waals surface area contributed by atoms with E-state index in [1.807, 2.05) is 5.57 Å². The summed E-state index contributed by atoms with van der Waals surface area (Å²) in [4.78, 5) is 0. The van der Waals surface area contributed by atoms with Crippen LogP contribution in [-0.4, -0.2) is 11.7 Å². The summed E-state index contributed by atoms with van der Waals surface area (Å²) in [6.45, 7) is 15.2. The minimum atomic E-state index is 0.169. The molecule has 6 rings (SSSR count). The van der Waals surface area contributed by atoms with E-state index in [9.17, 15) is 0 Å². The van der Waals surface area contributed by atoms with Crippen molar-refractivity contribution in [2.75, 3.05) is 0 Å². The Hall–Kier alpha value is -0.300. The van der Waals surface area contributed by atoms with Gasteiger partial charge in [-0.2, -0.15) is 0 Å². The number of allylic oxidation sites excluding steroid dienone is 2. The van der Waals surface area contributed by atoms with Gasteiger partial charge >= 0.3 is 0 Å². The largest absolute Gasteiger partial charge is 0.371 e. The second-order valence-corrected chi connectivity index (χ2v) is 14.4. The minimum absolute atomic E-state index is 0.169. The molecule has 0 aromatic heterocycles. The zero-order valence-electron chi connectivity index (χ0n) is 21.4. The monoisotopic (exact) mass is 424 g/mol. The fourth-order valence-electron chi connectivity index (χ4n) is 10.6. The number of fused-ring (bicyclic) bond motifs is 5. The van der Waals surface area contributed by atoms with Crippen molar-refractivity contribution in [3.05, 3.63) is 11.6 Å². The van der Waals surface area contributed by atoms with Crippen LogP contribution in [0.5, 0.6) is 0 Å². The van der Waals surface area contributed by atoms with Gasteiger partial charge in [0, 0.05) is 5.41 Å². The third-order valence-corrected chi connectivity index (χ3v) is 12.7. The van der Waals surface area contributed by atoms with Crippen molar-refractivity contribution >= 4 is 0 Å². The van der Waals surface area contributed by atoms with E-state index in [-0.39, 0.29) is 5.60 Å². The molecule has 0 N–H and O–H groups in total. The normalized spacial score (nSPS) is 55.1. The van der Waals surface area contributed by atoms with Gasteiger partial charge in [-0.1, -0.05) is 66.0 Å². The Kier molecular flexibility index (Phi) is 4.40. The summed E-state index contributed by atoms with van der Waals surface area (Å²) in [5.74, 6) is 3.68. The fourth-order valence-corrected chi connectivity index (χ4v) is 10.6. The van der Waals surface area contributed by atoms with E-state index in [1.165, 1.54) is 77.0 Å². The lowest BCUT2D eigenvalue weighted by atomic mass is 9.57. The third kappa shape index (κ3) is 2.54. The zero-order chi connectivity index (χ0) is 21.9. The molecule has 1 aliphatic heterocycles. The molecule has 0 amide bonds. The van der Waals surface area contributed by atoms with Crippen LogP contribution >= 0.6 is 0 Å². The van der Waals surface area contributed by atoms with E-state index in [1.54, 1.807) is 0 Å². The van der Waals surface area contributed by atoms with E-state index < -0.39 is 0 Å². The molecule has 0 bridgehead atoms. The quantitative estimate of drug-likeness (QED) is 0.414. The van der Waals surface area contributed by atoms with Gasteiger partial charge in [0.2, 0.25) is 0 Å². The van der Waals surface area contributed by atoms with Crippen molar-refractivity contribution in [1.29, 1.82) is 0 Å². The molecule has 31 heavy (non-hydrogen) atoms. The number of hydrogen-bond acceptors (Lipinski definition) is 1. The average molecular weight is 425 g/mol. The third-order valence-electron chi connectivity index (χ3n) is 12.7. The fraction of sp³-hybridized carbons (Fsp3) is 0.933. The highest BCUT2D eigenvalue weighted by Gasteiger charge is 2.83. The van der Waals surface area contributed by atoms with Gasteiger partial charge in [-0.25, -0.2) is 0 Å². The number of hydrogen-bond donors (Lipinski definition) is 0. The molecule has 5 fully saturated rings. The predicted molar refractivity (Wildman–Crippen MR) is 129 cm³/mol. The summed E-state index contributed by atoms with van der Waals surface area (Å²) in [7, 11) is 0. The first-order valence-electron chi connectivity index (χ1n) is 14.0. The second-order valence-electron chi connectivity index (χ2n) is 14.4. The summed E-state index contributed by atoms with van der Waals surface area (Å²) >= 11 is 0. The molecule has 0 radical (unpaired) electrons. The molecule has 1 nitrogen and oxygen atoms in total. The van der Waals surface area contributed by atoms with Gasteiger partial charge in [-0.05, 0) is 104 Å². The molecule has 6 aliphatic rings. The van der Waals surface area contributed by atoms with Crippen LogP contribution in [0.15, 0.2) is 11.6 Å². The van der Waals surface area contributed by atoms with Crippen molar-refractivity contribution in [1.82, 2.24) is 0 Å². The standard InChI is InChI=1S/C30H48O/c1-7-20(2)16-25-26(3,4)18-30(31-25)15-13-23-22-12-11-21-10-8-9-14-27(21,5)24(22)17-29(23)19-28(29,30)6/h11,20,22-25H,7-10,12-19H2,1-6H3. The summed E-state index contributed by atoms with van der Waals surface area (Å²) in [6, 6.07) is 0. The van der Waals surface area contributed by atoms with E-state index in [4.69, 9.17) is 4.74 Å². The highest BCUT2D eigenvalue weighted by molar-refractivity contribution is 5.35. The van der Waals surface area contributed by atoms with Crippen LogP contribution < -0.4 is 0 Å². The Morgan fingerprint density at radius 3 is 2.65 bits per heavy atom. The first-order valence-corrected chi connectivity index (χ1v) is 14.0. The molecule has 1 heteroatoms. The molecule has 0 aromatic rings. The van der Waals surface area contributed by atoms with Crippen molar-refractivity contribution in [3.8, 4) is 0 Å². The van der Waals surface area contributed by atoms with Gasteiger partial charge in [0.25, 0.3) is 0 Å². The maximum Gasteiger partial charge on any atom is 0.0751 e. The van der Waals surface area contributed by atoms with Gasteiger partial charge in [-0.15, -0.1) is 0 Å². The van der Waals surface area contributed by atoms with Gasteiger partial charge in [0.1, 0.15) is 0 Å². The summed E-state index contributed by atoms with van der Waals surface area (Å²) in [5, 5.41) is 0. The molecule has 174 valence electrons. The summed E-state index contributed by atoms with van der Waals surface area (Å²) in [5.41, 5.74) is 3.93. The summed E-state index contributed by atoms with van der Waals surface area (Å²) < 4.78 is 7.31. The van der Waals surface area contributed by atoms with Crippen LogP contribution in [0.4, 0.5) is 0 Å². The molecule has 9 unspecified atom stereocenters. The molecule has 0 aromatic carbocycles. The minimum Gasteiger partial charge on any atom is -0.371 e. The molecule has 2 spiro atoms. The molecule has 1 saturated heterocycles. The maximum absolute atomic E-state index is 7.31. The highest BCUT2D eigenvalue weighted by atomic mass is 16.5. The van der Waals surface area contributed by atoms with Crippen LogP contribution in [-0.2, 0) is 4.74 Å². The Balaban J connectivity index is 1.30. The van der Waals surface area contributed by atoms with Crippen LogP contribution in [0.3, 0.4) is 0 Å². The molecular formula is C30H48O. The van der Waals surface area contributed by atoms with Crippen molar-refractivity contribution in [2.45, 2.75) is 130 Å². The first kappa shape index (κ1) is 21.2. The van der Waals surface area contributed by atoms with Gasteiger partial charge < -0.3 is 4.74 Å². The molecule has 5 aliphatic carbocycles. The highest BCUT2D eigenvalue weighted by Crippen LogP contribution is 2.87. The van der Waals surface area contributed by atoms with Crippen LogP contribution in [0.25, 0.3) is 0 Å². The zero-order valence-corrected chi connectivity index (χ0v) is 21.4. The molecule has 4 saturated carbocycles. The van der Waals surface area contributed by atoms with Gasteiger partial charge in [-0.3, -0.25) is 0 Å². The topological polar surface area (TPSA) is 9.23 Å². The number of ether oxygens (including phenoxy) is 1. The number of rotatable bonds is 3. The lowest BCUT2D eigenvalue weighted by Gasteiger charge is -2.48. The Morgan fingerprint density at radius 2 is 1.87 bits per heavy atom. The first-order chi connectivity index (χ1) is 14.6. The smallest absolute Gasteiger partial charge is 0.0751 e. The SMILES string of the molecule is CCC(C)CC1OC2(CCC3C4CC=C5CCCCC5(C)C4CC34CC24C)CC1(C)C.